The van der Waals surface area contributed by atoms with Crippen LogP contribution in [0.3, 0.4) is 0 Å². The van der Waals surface area contributed by atoms with Gasteiger partial charge in [-0.05, 0) is 29.8 Å². The number of carbonyl (C=O) groups is 1. The van der Waals surface area contributed by atoms with Crippen molar-refractivity contribution in [2.75, 3.05) is 20.0 Å². The molecule has 1 aliphatic heterocycles. The summed E-state index contributed by atoms with van der Waals surface area (Å²) in [5, 5.41) is 4.25. The predicted molar refractivity (Wildman–Crippen MR) is 87.9 cm³/mol. The van der Waals surface area contributed by atoms with Gasteiger partial charge in [0.25, 0.3) is 0 Å². The van der Waals surface area contributed by atoms with Gasteiger partial charge in [0, 0.05) is 16.8 Å². The molecule has 0 atom stereocenters. The molecule has 0 radical (unpaired) electrons. The summed E-state index contributed by atoms with van der Waals surface area (Å²) in [4.78, 5) is 11.9. The minimum absolute atomic E-state index is 0.183. The van der Waals surface area contributed by atoms with Crippen LogP contribution in [0.5, 0.6) is 11.5 Å². The van der Waals surface area contributed by atoms with Crippen LogP contribution in [0.1, 0.15) is 16.7 Å². The van der Waals surface area contributed by atoms with Crippen LogP contribution in [0.4, 0.5) is 5.69 Å². The molecule has 0 saturated heterocycles. The summed E-state index contributed by atoms with van der Waals surface area (Å²) in [6.07, 6.45) is 0.213. The standard InChI is InChI=1S/C17H17N3O3/c1-22-14-7-11-8-16(21)19-20-17(13(11)9-15(14)23-2)10-4-3-5-12(18)6-10/h3-7,9H,8,18H2,1-2H3,(H,19,21). The number of amides is 1. The summed E-state index contributed by atoms with van der Waals surface area (Å²) in [6.45, 7) is 0. The molecule has 0 saturated carbocycles. The lowest BCUT2D eigenvalue weighted by atomic mass is 9.95. The van der Waals surface area contributed by atoms with E-state index < -0.39 is 0 Å². The first-order valence-corrected chi connectivity index (χ1v) is 7.10. The van der Waals surface area contributed by atoms with E-state index in [1.165, 1.54) is 0 Å². The van der Waals surface area contributed by atoms with Crippen LogP contribution >= 0.6 is 0 Å². The molecule has 0 bridgehead atoms. The number of nitrogens with two attached hydrogens (primary N) is 1. The number of anilines is 1. The first kappa shape index (κ1) is 14.9. The molecule has 6 heteroatoms. The number of ether oxygens (including phenoxy) is 2. The number of methoxy groups -OCH3 is 2. The lowest BCUT2D eigenvalue weighted by Crippen LogP contribution is -2.18. The van der Waals surface area contributed by atoms with E-state index in [1.54, 1.807) is 26.4 Å². The largest absolute Gasteiger partial charge is 0.493 e. The molecule has 0 aliphatic carbocycles. The first-order chi connectivity index (χ1) is 11.1. The van der Waals surface area contributed by atoms with Gasteiger partial charge in [0.05, 0.1) is 26.4 Å². The van der Waals surface area contributed by atoms with E-state index >= 15 is 0 Å². The Morgan fingerprint density at radius 1 is 1.13 bits per heavy atom. The fraction of sp³-hybridized carbons (Fsp3) is 0.176. The topological polar surface area (TPSA) is 85.9 Å². The third-order valence-electron chi connectivity index (χ3n) is 3.67. The molecule has 118 valence electrons. The Bertz CT molecular complexity index is 800. The van der Waals surface area contributed by atoms with E-state index in [4.69, 9.17) is 15.2 Å². The van der Waals surface area contributed by atoms with Gasteiger partial charge in [-0.1, -0.05) is 12.1 Å². The van der Waals surface area contributed by atoms with Crippen LogP contribution in [0.25, 0.3) is 0 Å². The number of nitrogens with one attached hydrogen (secondary N) is 1. The molecule has 2 aromatic rings. The van der Waals surface area contributed by atoms with Crippen molar-refractivity contribution in [1.82, 2.24) is 5.43 Å². The van der Waals surface area contributed by atoms with Crippen LogP contribution in [-0.2, 0) is 11.2 Å². The van der Waals surface area contributed by atoms with Crippen LogP contribution in [0, 0.1) is 0 Å². The van der Waals surface area contributed by atoms with Gasteiger partial charge < -0.3 is 15.2 Å². The Morgan fingerprint density at radius 3 is 2.57 bits per heavy atom. The summed E-state index contributed by atoms with van der Waals surface area (Å²) in [7, 11) is 3.13. The van der Waals surface area contributed by atoms with Crippen molar-refractivity contribution in [2.45, 2.75) is 6.42 Å². The second-order valence-electron chi connectivity index (χ2n) is 5.16. The quantitative estimate of drug-likeness (QED) is 0.845. The van der Waals surface area contributed by atoms with Crippen molar-refractivity contribution in [1.29, 1.82) is 0 Å². The zero-order valence-electron chi connectivity index (χ0n) is 12.9. The monoisotopic (exact) mass is 311 g/mol. The lowest BCUT2D eigenvalue weighted by Gasteiger charge is -2.14. The van der Waals surface area contributed by atoms with E-state index in [9.17, 15) is 4.79 Å². The Labute approximate surface area is 133 Å². The number of carbonyl (C=O) groups excluding carboxylic acids is 1. The van der Waals surface area contributed by atoms with Crippen LogP contribution in [0.15, 0.2) is 41.5 Å². The summed E-state index contributed by atoms with van der Waals surface area (Å²) >= 11 is 0. The summed E-state index contributed by atoms with van der Waals surface area (Å²) in [5.74, 6) is 0.974. The van der Waals surface area contributed by atoms with Gasteiger partial charge in [-0.2, -0.15) is 5.10 Å². The van der Waals surface area contributed by atoms with Crippen LogP contribution in [0.2, 0.25) is 0 Å². The maximum absolute atomic E-state index is 11.9. The summed E-state index contributed by atoms with van der Waals surface area (Å²) in [5.41, 5.74) is 12.1. The van der Waals surface area contributed by atoms with Crippen molar-refractivity contribution in [3.8, 4) is 11.5 Å². The van der Waals surface area contributed by atoms with Gasteiger partial charge in [0.15, 0.2) is 11.5 Å². The van der Waals surface area contributed by atoms with Crippen molar-refractivity contribution >= 4 is 17.3 Å². The number of nitrogens with zero attached hydrogens (tertiary/aromatic N) is 1. The molecule has 6 nitrogen and oxygen atoms in total. The molecule has 23 heavy (non-hydrogen) atoms. The summed E-state index contributed by atoms with van der Waals surface area (Å²) in [6, 6.07) is 11.0. The minimum atomic E-state index is -0.183. The predicted octanol–water partition coefficient (Wildman–Crippen LogP) is 1.71. The Hall–Kier alpha value is -3.02. The maximum Gasteiger partial charge on any atom is 0.244 e. The zero-order chi connectivity index (χ0) is 16.4. The van der Waals surface area contributed by atoms with E-state index in [2.05, 4.69) is 10.5 Å². The third-order valence-corrected chi connectivity index (χ3v) is 3.67. The van der Waals surface area contributed by atoms with Gasteiger partial charge in [-0.3, -0.25) is 4.79 Å². The molecule has 3 N–H and O–H groups in total. The average molecular weight is 311 g/mol. The van der Waals surface area contributed by atoms with Crippen LogP contribution < -0.4 is 20.6 Å². The fourth-order valence-electron chi connectivity index (χ4n) is 2.58. The molecule has 1 amide bonds. The summed E-state index contributed by atoms with van der Waals surface area (Å²) < 4.78 is 10.7. The maximum atomic E-state index is 11.9. The SMILES string of the molecule is COc1cc2c(cc1OC)C(c1cccc(N)c1)=NNC(=O)C2. The van der Waals surface area contributed by atoms with Crippen molar-refractivity contribution in [2.24, 2.45) is 5.10 Å². The van der Waals surface area contributed by atoms with Gasteiger partial charge in [-0.25, -0.2) is 5.43 Å². The van der Waals surface area contributed by atoms with Crippen molar-refractivity contribution < 1.29 is 14.3 Å². The molecule has 1 heterocycles. The first-order valence-electron chi connectivity index (χ1n) is 7.10. The Morgan fingerprint density at radius 2 is 1.87 bits per heavy atom. The third kappa shape index (κ3) is 2.83. The normalized spacial score (nSPS) is 13.5. The molecule has 1 aliphatic rings. The van der Waals surface area contributed by atoms with Gasteiger partial charge in [0.1, 0.15) is 0 Å². The Kier molecular flexibility index (Phi) is 3.89. The van der Waals surface area contributed by atoms with Crippen LogP contribution in [-0.4, -0.2) is 25.8 Å². The molecule has 0 spiro atoms. The number of hydrazone groups is 1. The molecule has 2 aromatic carbocycles. The number of hydrogen-bond donors (Lipinski definition) is 2. The number of hydrogen-bond acceptors (Lipinski definition) is 5. The van der Waals surface area contributed by atoms with Gasteiger partial charge >= 0.3 is 0 Å². The molecule has 3 rings (SSSR count). The molecule has 0 unspecified atom stereocenters. The lowest BCUT2D eigenvalue weighted by molar-refractivity contribution is -0.120. The number of rotatable bonds is 3. The second-order valence-corrected chi connectivity index (χ2v) is 5.16. The molecule has 0 fully saturated rings. The average Bonchev–Trinajstić information content (AvgIpc) is 2.71. The Balaban J connectivity index is 2.21. The van der Waals surface area contributed by atoms with Gasteiger partial charge in [0.2, 0.25) is 5.91 Å². The van der Waals surface area contributed by atoms with Gasteiger partial charge in [-0.15, -0.1) is 0 Å². The van der Waals surface area contributed by atoms with E-state index in [0.717, 1.165) is 16.7 Å². The number of nitrogen functional groups attached to an aromatic ring is 1. The highest BCUT2D eigenvalue weighted by Crippen LogP contribution is 2.33. The fourth-order valence-corrected chi connectivity index (χ4v) is 2.58. The highest BCUT2D eigenvalue weighted by Gasteiger charge is 2.21. The smallest absolute Gasteiger partial charge is 0.244 e. The zero-order valence-corrected chi connectivity index (χ0v) is 12.9. The van der Waals surface area contributed by atoms with E-state index in [1.807, 2.05) is 24.3 Å². The van der Waals surface area contributed by atoms with Crippen molar-refractivity contribution in [3.63, 3.8) is 0 Å². The van der Waals surface area contributed by atoms with E-state index in [-0.39, 0.29) is 12.3 Å². The number of fused-ring (bicyclic) bond motifs is 1. The minimum Gasteiger partial charge on any atom is -0.493 e. The molecular weight excluding hydrogens is 294 g/mol. The van der Waals surface area contributed by atoms with E-state index in [0.29, 0.717) is 22.9 Å². The highest BCUT2D eigenvalue weighted by atomic mass is 16.5. The molecular formula is C17H17N3O3. The number of benzene rings is 2. The highest BCUT2D eigenvalue weighted by molar-refractivity contribution is 6.15. The second kappa shape index (κ2) is 6.00. The van der Waals surface area contributed by atoms with Crippen molar-refractivity contribution in [3.05, 3.63) is 53.1 Å². The molecule has 0 aromatic heterocycles.